The SMILES string of the molecule is O=C(NCc1ccc(Cl)cc1)N1CCC(n2nccn2)C1. The molecule has 110 valence electrons. The first-order valence-corrected chi connectivity index (χ1v) is 7.23. The number of benzene rings is 1. The van der Waals surface area contributed by atoms with E-state index in [2.05, 4.69) is 15.5 Å². The number of carbonyl (C=O) groups excluding carboxylic acids is 1. The molecule has 1 saturated heterocycles. The molecule has 7 heteroatoms. The summed E-state index contributed by atoms with van der Waals surface area (Å²) >= 11 is 5.83. The smallest absolute Gasteiger partial charge is 0.317 e. The van der Waals surface area contributed by atoms with Crippen LogP contribution >= 0.6 is 11.6 Å². The van der Waals surface area contributed by atoms with Gasteiger partial charge in [0.05, 0.1) is 18.4 Å². The Bertz CT molecular complexity index is 598. The quantitative estimate of drug-likeness (QED) is 0.944. The van der Waals surface area contributed by atoms with E-state index in [1.54, 1.807) is 22.1 Å². The topological polar surface area (TPSA) is 63.1 Å². The van der Waals surface area contributed by atoms with Crippen molar-refractivity contribution in [2.45, 2.75) is 19.0 Å². The van der Waals surface area contributed by atoms with Crippen LogP contribution in [0.25, 0.3) is 0 Å². The van der Waals surface area contributed by atoms with Crippen LogP contribution in [0, 0.1) is 0 Å². The van der Waals surface area contributed by atoms with Gasteiger partial charge in [-0.2, -0.15) is 15.0 Å². The van der Waals surface area contributed by atoms with Crippen LogP contribution in [0.15, 0.2) is 36.7 Å². The van der Waals surface area contributed by atoms with Crippen molar-refractivity contribution in [3.05, 3.63) is 47.2 Å². The lowest BCUT2D eigenvalue weighted by Gasteiger charge is -2.17. The average Bonchev–Trinajstić information content (AvgIpc) is 3.17. The van der Waals surface area contributed by atoms with Gasteiger partial charge in [-0.1, -0.05) is 23.7 Å². The fourth-order valence-electron chi connectivity index (χ4n) is 2.42. The molecule has 0 aliphatic carbocycles. The summed E-state index contributed by atoms with van der Waals surface area (Å²) in [5, 5.41) is 11.9. The van der Waals surface area contributed by atoms with Crippen molar-refractivity contribution in [3.63, 3.8) is 0 Å². The number of hydrogen-bond acceptors (Lipinski definition) is 3. The van der Waals surface area contributed by atoms with Gasteiger partial charge in [-0.3, -0.25) is 0 Å². The first kappa shape index (κ1) is 13.9. The van der Waals surface area contributed by atoms with Crippen LogP contribution in [0.5, 0.6) is 0 Å². The van der Waals surface area contributed by atoms with Gasteiger partial charge in [0.15, 0.2) is 0 Å². The van der Waals surface area contributed by atoms with Crippen LogP contribution < -0.4 is 5.32 Å². The van der Waals surface area contributed by atoms with E-state index in [1.165, 1.54) is 0 Å². The van der Waals surface area contributed by atoms with Crippen molar-refractivity contribution in [3.8, 4) is 0 Å². The van der Waals surface area contributed by atoms with E-state index in [1.807, 2.05) is 24.3 Å². The number of carbonyl (C=O) groups is 1. The molecule has 0 bridgehead atoms. The number of halogens is 1. The standard InChI is InChI=1S/C14H16ClN5O/c15-12-3-1-11(2-4-12)9-16-14(21)19-8-5-13(10-19)20-17-6-7-18-20/h1-4,6-7,13H,5,8-10H2,(H,16,21). The fraction of sp³-hybridized carbons (Fsp3) is 0.357. The lowest BCUT2D eigenvalue weighted by Crippen LogP contribution is -2.38. The molecular weight excluding hydrogens is 290 g/mol. The van der Waals surface area contributed by atoms with Gasteiger partial charge >= 0.3 is 6.03 Å². The lowest BCUT2D eigenvalue weighted by atomic mass is 10.2. The van der Waals surface area contributed by atoms with Gasteiger partial charge in [-0.05, 0) is 24.1 Å². The molecule has 1 aromatic carbocycles. The molecule has 1 N–H and O–H groups in total. The maximum atomic E-state index is 12.1. The molecule has 21 heavy (non-hydrogen) atoms. The summed E-state index contributed by atoms with van der Waals surface area (Å²) in [4.78, 5) is 15.6. The molecule has 1 aliphatic rings. The number of urea groups is 1. The Balaban J connectivity index is 1.51. The molecule has 6 nitrogen and oxygen atoms in total. The third-order valence-corrected chi connectivity index (χ3v) is 3.82. The Morgan fingerprint density at radius 1 is 1.29 bits per heavy atom. The van der Waals surface area contributed by atoms with E-state index < -0.39 is 0 Å². The zero-order chi connectivity index (χ0) is 14.7. The predicted octanol–water partition coefficient (Wildman–Crippen LogP) is 2.09. The molecule has 0 saturated carbocycles. The monoisotopic (exact) mass is 305 g/mol. The normalized spacial score (nSPS) is 18.0. The van der Waals surface area contributed by atoms with Crippen molar-refractivity contribution in [2.24, 2.45) is 0 Å². The summed E-state index contributed by atoms with van der Waals surface area (Å²) < 4.78 is 0. The minimum atomic E-state index is -0.0559. The van der Waals surface area contributed by atoms with Crippen LogP contribution in [-0.4, -0.2) is 39.0 Å². The van der Waals surface area contributed by atoms with Crippen molar-refractivity contribution in [1.82, 2.24) is 25.2 Å². The molecule has 3 rings (SSSR count). The zero-order valence-corrected chi connectivity index (χ0v) is 12.2. The summed E-state index contributed by atoms with van der Waals surface area (Å²) in [6.45, 7) is 1.86. The largest absolute Gasteiger partial charge is 0.334 e. The highest BCUT2D eigenvalue weighted by Crippen LogP contribution is 2.19. The lowest BCUT2D eigenvalue weighted by molar-refractivity contribution is 0.206. The highest BCUT2D eigenvalue weighted by atomic mass is 35.5. The Morgan fingerprint density at radius 2 is 2.00 bits per heavy atom. The van der Waals surface area contributed by atoms with Gasteiger partial charge < -0.3 is 10.2 Å². The average molecular weight is 306 g/mol. The number of rotatable bonds is 3. The Labute approximate surface area is 127 Å². The number of nitrogens with one attached hydrogen (secondary N) is 1. The van der Waals surface area contributed by atoms with E-state index in [0.29, 0.717) is 18.1 Å². The second-order valence-corrected chi connectivity index (χ2v) is 5.46. The summed E-state index contributed by atoms with van der Waals surface area (Å²) in [6, 6.07) is 7.56. The summed E-state index contributed by atoms with van der Waals surface area (Å²) in [5.74, 6) is 0. The van der Waals surface area contributed by atoms with Gasteiger partial charge in [0.1, 0.15) is 0 Å². The van der Waals surface area contributed by atoms with Crippen LogP contribution in [0.4, 0.5) is 4.79 Å². The molecular formula is C14H16ClN5O. The minimum Gasteiger partial charge on any atom is -0.334 e. The summed E-state index contributed by atoms with van der Waals surface area (Å²) in [6.07, 6.45) is 4.19. The van der Waals surface area contributed by atoms with Gasteiger partial charge in [-0.15, -0.1) is 0 Å². The first-order chi connectivity index (χ1) is 10.2. The molecule has 1 fully saturated rings. The Kier molecular flexibility index (Phi) is 4.06. The van der Waals surface area contributed by atoms with Crippen LogP contribution in [0.3, 0.4) is 0 Å². The number of hydrogen-bond donors (Lipinski definition) is 1. The Morgan fingerprint density at radius 3 is 2.71 bits per heavy atom. The van der Waals surface area contributed by atoms with Gasteiger partial charge in [0, 0.05) is 24.7 Å². The van der Waals surface area contributed by atoms with Gasteiger partial charge in [-0.25, -0.2) is 4.79 Å². The van der Waals surface area contributed by atoms with Crippen molar-refractivity contribution < 1.29 is 4.79 Å². The van der Waals surface area contributed by atoms with E-state index >= 15 is 0 Å². The third kappa shape index (κ3) is 3.33. The number of nitrogens with zero attached hydrogens (tertiary/aromatic N) is 4. The fourth-order valence-corrected chi connectivity index (χ4v) is 2.55. The number of aromatic nitrogens is 3. The number of amides is 2. The molecule has 2 amide bonds. The molecule has 1 aromatic heterocycles. The van der Waals surface area contributed by atoms with Crippen molar-refractivity contribution in [1.29, 1.82) is 0 Å². The Hall–Kier alpha value is -2.08. The van der Waals surface area contributed by atoms with E-state index in [9.17, 15) is 4.79 Å². The molecule has 0 spiro atoms. The third-order valence-electron chi connectivity index (χ3n) is 3.57. The van der Waals surface area contributed by atoms with Crippen molar-refractivity contribution in [2.75, 3.05) is 13.1 Å². The minimum absolute atomic E-state index is 0.0559. The molecule has 2 aromatic rings. The highest BCUT2D eigenvalue weighted by Gasteiger charge is 2.28. The summed E-state index contributed by atoms with van der Waals surface area (Å²) in [5.41, 5.74) is 1.03. The molecule has 1 aliphatic heterocycles. The molecule has 1 unspecified atom stereocenters. The first-order valence-electron chi connectivity index (χ1n) is 6.85. The van der Waals surface area contributed by atoms with Crippen LogP contribution in [0.2, 0.25) is 5.02 Å². The molecule has 1 atom stereocenters. The van der Waals surface area contributed by atoms with E-state index in [4.69, 9.17) is 11.6 Å². The van der Waals surface area contributed by atoms with Gasteiger partial charge in [0.2, 0.25) is 0 Å². The van der Waals surface area contributed by atoms with Gasteiger partial charge in [0.25, 0.3) is 0 Å². The highest BCUT2D eigenvalue weighted by molar-refractivity contribution is 6.30. The maximum absolute atomic E-state index is 12.1. The zero-order valence-electron chi connectivity index (χ0n) is 11.4. The van der Waals surface area contributed by atoms with E-state index in [-0.39, 0.29) is 12.1 Å². The second-order valence-electron chi connectivity index (χ2n) is 5.02. The molecule has 0 radical (unpaired) electrons. The van der Waals surface area contributed by atoms with E-state index in [0.717, 1.165) is 18.5 Å². The van der Waals surface area contributed by atoms with Crippen molar-refractivity contribution >= 4 is 17.6 Å². The predicted molar refractivity (Wildman–Crippen MR) is 78.9 cm³/mol. The number of likely N-dealkylation sites (tertiary alicyclic amines) is 1. The second kappa shape index (κ2) is 6.13. The van der Waals surface area contributed by atoms with Crippen LogP contribution in [-0.2, 0) is 6.54 Å². The van der Waals surface area contributed by atoms with Crippen LogP contribution in [0.1, 0.15) is 18.0 Å². The molecule has 2 heterocycles. The summed E-state index contributed by atoms with van der Waals surface area (Å²) in [7, 11) is 0. The maximum Gasteiger partial charge on any atom is 0.317 e.